The van der Waals surface area contributed by atoms with Gasteiger partial charge in [0.1, 0.15) is 0 Å². The molecule has 2 fully saturated rings. The van der Waals surface area contributed by atoms with E-state index in [1.807, 2.05) is 12.1 Å². The Hall–Kier alpha value is -1.47. The van der Waals surface area contributed by atoms with Crippen molar-refractivity contribution in [3.05, 3.63) is 29.8 Å². The van der Waals surface area contributed by atoms with Crippen LogP contribution in [0.4, 0.5) is 5.69 Å². The number of carbonyl (C=O) groups excluding carboxylic acids is 1. The van der Waals surface area contributed by atoms with Crippen LogP contribution in [0.5, 0.6) is 0 Å². The predicted octanol–water partition coefficient (Wildman–Crippen LogP) is 1.21. The van der Waals surface area contributed by atoms with Gasteiger partial charge in [-0.3, -0.25) is 9.69 Å². The molecule has 1 unspecified atom stereocenters. The molecule has 0 aliphatic carbocycles. The number of anilines is 1. The zero-order valence-corrected chi connectivity index (χ0v) is 14.7. The van der Waals surface area contributed by atoms with E-state index in [1.54, 1.807) is 0 Å². The lowest BCUT2D eigenvalue weighted by Crippen LogP contribution is -2.43. The van der Waals surface area contributed by atoms with Crippen molar-refractivity contribution in [3.8, 4) is 0 Å². The van der Waals surface area contributed by atoms with E-state index < -0.39 is 0 Å². The number of piperidine rings is 1. The van der Waals surface area contributed by atoms with Crippen molar-refractivity contribution in [1.29, 1.82) is 0 Å². The molecule has 3 N–H and O–H groups in total. The van der Waals surface area contributed by atoms with Crippen LogP contribution in [0.3, 0.4) is 0 Å². The number of aliphatic hydroxyl groups excluding tert-OH is 1. The maximum atomic E-state index is 12.2. The summed E-state index contributed by atoms with van der Waals surface area (Å²) >= 11 is 0. The minimum atomic E-state index is 0.0175. The third kappa shape index (κ3) is 5.78. The summed E-state index contributed by atoms with van der Waals surface area (Å²) in [6.45, 7) is 5.35. The van der Waals surface area contributed by atoms with E-state index in [0.29, 0.717) is 25.6 Å². The maximum absolute atomic E-state index is 12.2. The van der Waals surface area contributed by atoms with Gasteiger partial charge in [0.2, 0.25) is 5.91 Å². The Balaban J connectivity index is 1.48. The van der Waals surface area contributed by atoms with Gasteiger partial charge in [0, 0.05) is 37.8 Å². The van der Waals surface area contributed by atoms with Crippen molar-refractivity contribution in [2.24, 2.45) is 5.92 Å². The quantitative estimate of drug-likeness (QED) is 0.721. The fraction of sp³-hybridized carbons (Fsp3) is 0.632. The Bertz CT molecular complexity index is 553. The molecule has 1 aromatic rings. The highest BCUT2D eigenvalue weighted by Gasteiger charge is 2.19. The minimum absolute atomic E-state index is 0.0175. The van der Waals surface area contributed by atoms with Crippen molar-refractivity contribution >= 4 is 11.6 Å². The molecule has 0 bridgehead atoms. The second-order valence-electron chi connectivity index (χ2n) is 7.08. The number of amides is 1. The number of benzene rings is 1. The van der Waals surface area contributed by atoms with Gasteiger partial charge in [-0.1, -0.05) is 12.1 Å². The first-order chi connectivity index (χ1) is 12.2. The Morgan fingerprint density at radius 3 is 2.92 bits per heavy atom. The second kappa shape index (κ2) is 9.29. The number of aliphatic hydroxyl groups is 1. The topological polar surface area (TPSA) is 73.8 Å². The molecule has 1 atom stereocenters. The number of nitrogens with zero attached hydrogens (tertiary/aromatic N) is 1. The van der Waals surface area contributed by atoms with E-state index in [-0.39, 0.29) is 11.9 Å². The monoisotopic (exact) mass is 347 g/mol. The van der Waals surface area contributed by atoms with E-state index in [9.17, 15) is 9.90 Å². The summed E-state index contributed by atoms with van der Waals surface area (Å²) in [6, 6.07) is 8.19. The number of hydrogen-bond donors (Lipinski definition) is 3. The van der Waals surface area contributed by atoms with Crippen LogP contribution in [0.1, 0.15) is 24.8 Å². The van der Waals surface area contributed by atoms with Crippen molar-refractivity contribution in [2.45, 2.75) is 31.8 Å². The fourth-order valence-corrected chi connectivity index (χ4v) is 3.52. The number of carbonyl (C=O) groups is 1. The Kier molecular flexibility index (Phi) is 6.81. The summed E-state index contributed by atoms with van der Waals surface area (Å²) in [7, 11) is 0. The molecule has 0 saturated carbocycles. The predicted molar refractivity (Wildman–Crippen MR) is 97.4 cm³/mol. The van der Waals surface area contributed by atoms with Crippen LogP contribution in [0.2, 0.25) is 0 Å². The molecule has 6 heteroatoms. The van der Waals surface area contributed by atoms with Crippen LogP contribution in [0, 0.1) is 5.92 Å². The first kappa shape index (κ1) is 18.3. The molecule has 0 radical (unpaired) electrons. The number of nitrogens with one attached hydrogen (secondary N) is 2. The molecule has 1 amide bonds. The molecule has 25 heavy (non-hydrogen) atoms. The van der Waals surface area contributed by atoms with Crippen molar-refractivity contribution < 1.29 is 14.6 Å². The number of rotatable bonds is 6. The Morgan fingerprint density at radius 1 is 1.36 bits per heavy atom. The van der Waals surface area contributed by atoms with Gasteiger partial charge in [-0.25, -0.2) is 0 Å². The van der Waals surface area contributed by atoms with Gasteiger partial charge in [-0.15, -0.1) is 0 Å². The average Bonchev–Trinajstić information content (AvgIpc) is 2.63. The fourth-order valence-electron chi connectivity index (χ4n) is 3.52. The third-order valence-corrected chi connectivity index (χ3v) is 5.01. The van der Waals surface area contributed by atoms with Gasteiger partial charge in [0.15, 0.2) is 0 Å². The van der Waals surface area contributed by atoms with E-state index in [1.165, 1.54) is 5.56 Å². The van der Waals surface area contributed by atoms with Gasteiger partial charge in [0.05, 0.1) is 13.2 Å². The van der Waals surface area contributed by atoms with E-state index in [4.69, 9.17) is 4.74 Å². The maximum Gasteiger partial charge on any atom is 0.226 e. The van der Waals surface area contributed by atoms with Crippen molar-refractivity contribution in [2.75, 3.05) is 44.8 Å². The first-order valence-electron chi connectivity index (χ1n) is 9.26. The summed E-state index contributed by atoms with van der Waals surface area (Å²) in [5.74, 6) is 0.475. The van der Waals surface area contributed by atoms with Crippen LogP contribution in [-0.2, 0) is 16.1 Å². The number of ether oxygens (including phenoxy) is 1. The number of hydrogen-bond acceptors (Lipinski definition) is 5. The molecule has 6 nitrogen and oxygen atoms in total. The minimum Gasteiger partial charge on any atom is -0.396 e. The van der Waals surface area contributed by atoms with Crippen molar-refractivity contribution in [3.63, 3.8) is 0 Å². The zero-order valence-electron chi connectivity index (χ0n) is 14.7. The second-order valence-corrected chi connectivity index (χ2v) is 7.08. The van der Waals surface area contributed by atoms with Crippen molar-refractivity contribution in [1.82, 2.24) is 10.2 Å². The molecule has 1 aromatic carbocycles. The summed E-state index contributed by atoms with van der Waals surface area (Å²) < 4.78 is 5.39. The zero-order chi connectivity index (χ0) is 17.5. The highest BCUT2D eigenvalue weighted by atomic mass is 16.5. The Labute approximate surface area is 149 Å². The molecule has 2 aliphatic heterocycles. The molecule has 0 aromatic heterocycles. The SMILES string of the molecule is O=C(CC1COCCN1)Nc1cccc(CN2CCC(CO)CC2)c1. The summed E-state index contributed by atoms with van der Waals surface area (Å²) in [4.78, 5) is 14.6. The smallest absolute Gasteiger partial charge is 0.226 e. The van der Waals surface area contributed by atoms with Gasteiger partial charge < -0.3 is 20.5 Å². The van der Waals surface area contributed by atoms with Crippen LogP contribution in [0.15, 0.2) is 24.3 Å². The number of likely N-dealkylation sites (tertiary alicyclic amines) is 1. The molecule has 0 spiro atoms. The molecule has 138 valence electrons. The lowest BCUT2D eigenvalue weighted by molar-refractivity contribution is -0.117. The third-order valence-electron chi connectivity index (χ3n) is 5.01. The average molecular weight is 347 g/mol. The summed E-state index contributed by atoms with van der Waals surface area (Å²) in [5.41, 5.74) is 2.06. The van der Waals surface area contributed by atoms with Crippen LogP contribution in [-0.4, -0.2) is 61.4 Å². The molecule has 2 aliphatic rings. The standard InChI is InChI=1S/C19H29N3O3/c23-13-15-4-7-22(8-5-15)12-16-2-1-3-17(10-16)21-19(24)11-18-14-25-9-6-20-18/h1-3,10,15,18,20,23H,4-9,11-14H2,(H,21,24). The Morgan fingerprint density at radius 2 is 2.20 bits per heavy atom. The number of morpholine rings is 1. The van der Waals surface area contributed by atoms with Gasteiger partial charge in [-0.05, 0) is 49.5 Å². The highest BCUT2D eigenvalue weighted by molar-refractivity contribution is 5.91. The van der Waals surface area contributed by atoms with Crippen LogP contribution >= 0.6 is 0 Å². The largest absolute Gasteiger partial charge is 0.396 e. The molecular weight excluding hydrogens is 318 g/mol. The van der Waals surface area contributed by atoms with Crippen LogP contribution in [0.25, 0.3) is 0 Å². The van der Waals surface area contributed by atoms with E-state index in [0.717, 1.165) is 51.3 Å². The summed E-state index contributed by atoms with van der Waals surface area (Å²) in [5, 5.41) is 15.5. The molecule has 3 rings (SSSR count). The lowest BCUT2D eigenvalue weighted by Gasteiger charge is -2.31. The van der Waals surface area contributed by atoms with Crippen LogP contribution < -0.4 is 10.6 Å². The molecular formula is C19H29N3O3. The lowest BCUT2D eigenvalue weighted by atomic mass is 9.97. The normalized spacial score (nSPS) is 22.7. The van der Waals surface area contributed by atoms with Gasteiger partial charge in [0.25, 0.3) is 0 Å². The highest BCUT2D eigenvalue weighted by Crippen LogP contribution is 2.20. The van der Waals surface area contributed by atoms with E-state index in [2.05, 4.69) is 27.7 Å². The van der Waals surface area contributed by atoms with E-state index >= 15 is 0 Å². The molecule has 2 saturated heterocycles. The summed E-state index contributed by atoms with van der Waals surface area (Å²) in [6.07, 6.45) is 2.55. The van der Waals surface area contributed by atoms with Gasteiger partial charge in [-0.2, -0.15) is 0 Å². The molecule has 2 heterocycles. The first-order valence-corrected chi connectivity index (χ1v) is 9.26. The van der Waals surface area contributed by atoms with Gasteiger partial charge >= 0.3 is 0 Å².